The van der Waals surface area contributed by atoms with Crippen LogP contribution in [-0.2, 0) is 5.41 Å². The van der Waals surface area contributed by atoms with Crippen molar-refractivity contribution < 1.29 is 0 Å². The lowest BCUT2D eigenvalue weighted by atomic mass is 9.93. The Morgan fingerprint density at radius 2 is 1.94 bits per heavy atom. The maximum Gasteiger partial charge on any atom is 0.327 e. The second-order valence-corrected chi connectivity index (χ2v) is 4.31. The quantitative estimate of drug-likeness (QED) is 0.531. The van der Waals surface area contributed by atoms with Gasteiger partial charge >= 0.3 is 5.69 Å². The largest absolute Gasteiger partial charge is 0.336 e. The van der Waals surface area contributed by atoms with Crippen molar-refractivity contribution >= 4 is 11.2 Å². The Hall–Kier alpha value is -1.89. The Morgan fingerprint density at radius 1 is 1.25 bits per heavy atom. The van der Waals surface area contributed by atoms with E-state index in [0.717, 1.165) is 0 Å². The Bertz CT molecular complexity index is 633. The molecule has 0 amide bonds. The first-order valence-corrected chi connectivity index (χ1v) is 4.87. The predicted octanol–water partition coefficient (Wildman–Crippen LogP) is -0.824. The molecule has 0 spiro atoms. The molecule has 0 saturated heterocycles. The maximum atomic E-state index is 11.5. The van der Waals surface area contributed by atoms with Gasteiger partial charge in [-0.05, 0) is 0 Å². The van der Waals surface area contributed by atoms with Crippen LogP contribution in [0.25, 0.3) is 11.2 Å². The van der Waals surface area contributed by atoms with Crippen LogP contribution in [0.5, 0.6) is 0 Å². The van der Waals surface area contributed by atoms with Crippen molar-refractivity contribution in [3.63, 3.8) is 0 Å². The molecule has 86 valence electrons. The van der Waals surface area contributed by atoms with E-state index in [1.54, 1.807) is 0 Å². The van der Waals surface area contributed by atoms with Crippen LogP contribution in [0.15, 0.2) is 9.59 Å². The minimum Gasteiger partial charge on any atom is -0.336 e. The average Bonchev–Trinajstić information content (AvgIpc) is 2.62. The summed E-state index contributed by atoms with van der Waals surface area (Å²) < 4.78 is 0. The smallest absolute Gasteiger partial charge is 0.327 e. The van der Waals surface area contributed by atoms with Crippen molar-refractivity contribution in [3.05, 3.63) is 26.7 Å². The maximum absolute atomic E-state index is 11.5. The molecule has 2 heterocycles. The molecule has 0 saturated carbocycles. The van der Waals surface area contributed by atoms with E-state index < -0.39 is 11.2 Å². The summed E-state index contributed by atoms with van der Waals surface area (Å²) >= 11 is 0. The predicted molar refractivity (Wildman–Crippen MR) is 59.4 cm³/mol. The third kappa shape index (κ3) is 1.54. The van der Waals surface area contributed by atoms with Gasteiger partial charge in [0.1, 0.15) is 11.3 Å². The molecule has 7 nitrogen and oxygen atoms in total. The van der Waals surface area contributed by atoms with E-state index in [4.69, 9.17) is 5.73 Å². The SMILES string of the molecule is CC(C)(CN)c1nc2[nH]c(=O)[nH]c(=O)c2[nH]1. The normalized spacial score (nSPS) is 12.2. The van der Waals surface area contributed by atoms with Crippen molar-refractivity contribution in [2.45, 2.75) is 19.3 Å². The molecule has 0 aliphatic heterocycles. The molecular weight excluding hydrogens is 210 g/mol. The zero-order valence-electron chi connectivity index (χ0n) is 9.05. The highest BCUT2D eigenvalue weighted by Crippen LogP contribution is 2.19. The number of nitrogens with zero attached hydrogens (tertiary/aromatic N) is 1. The van der Waals surface area contributed by atoms with Gasteiger partial charge in [0.15, 0.2) is 5.65 Å². The molecule has 5 N–H and O–H groups in total. The first kappa shape index (κ1) is 10.6. The van der Waals surface area contributed by atoms with Crippen molar-refractivity contribution in [1.29, 1.82) is 0 Å². The van der Waals surface area contributed by atoms with Crippen LogP contribution >= 0.6 is 0 Å². The summed E-state index contributed by atoms with van der Waals surface area (Å²) in [5.41, 5.74) is 4.70. The van der Waals surface area contributed by atoms with Gasteiger partial charge in [-0.3, -0.25) is 14.8 Å². The highest BCUT2D eigenvalue weighted by Gasteiger charge is 2.23. The van der Waals surface area contributed by atoms with E-state index in [0.29, 0.717) is 12.4 Å². The third-order valence-electron chi connectivity index (χ3n) is 2.54. The monoisotopic (exact) mass is 223 g/mol. The van der Waals surface area contributed by atoms with Crippen LogP contribution in [0.1, 0.15) is 19.7 Å². The Balaban J connectivity index is 2.75. The molecule has 0 atom stereocenters. The Kier molecular flexibility index (Phi) is 2.20. The first-order valence-electron chi connectivity index (χ1n) is 4.87. The molecule has 2 aromatic rings. The van der Waals surface area contributed by atoms with E-state index >= 15 is 0 Å². The standard InChI is InChI=1S/C9H13N5O2/c1-9(2,3-10)7-11-4-5(12-7)13-8(16)14-6(4)15/h3,10H2,1-2H3,(H3,11,12,13,14,15,16). The molecule has 0 aliphatic carbocycles. The number of imidazole rings is 1. The van der Waals surface area contributed by atoms with Gasteiger partial charge in [-0.25, -0.2) is 9.78 Å². The summed E-state index contributed by atoms with van der Waals surface area (Å²) in [6.45, 7) is 4.18. The van der Waals surface area contributed by atoms with Crippen LogP contribution in [0, 0.1) is 0 Å². The van der Waals surface area contributed by atoms with Crippen LogP contribution in [-0.4, -0.2) is 26.5 Å². The Morgan fingerprint density at radius 3 is 2.56 bits per heavy atom. The van der Waals surface area contributed by atoms with Crippen LogP contribution in [0.3, 0.4) is 0 Å². The Labute approximate surface area is 90.1 Å². The van der Waals surface area contributed by atoms with Gasteiger partial charge in [-0.1, -0.05) is 13.8 Å². The van der Waals surface area contributed by atoms with Gasteiger partial charge < -0.3 is 10.7 Å². The lowest BCUT2D eigenvalue weighted by Gasteiger charge is -2.18. The molecule has 2 rings (SSSR count). The number of aromatic amines is 3. The highest BCUT2D eigenvalue weighted by molar-refractivity contribution is 5.68. The van der Waals surface area contributed by atoms with Gasteiger partial charge in [-0.15, -0.1) is 0 Å². The molecule has 0 aliphatic rings. The third-order valence-corrected chi connectivity index (χ3v) is 2.54. The second kappa shape index (κ2) is 3.31. The summed E-state index contributed by atoms with van der Waals surface area (Å²) in [5.74, 6) is 0.581. The van der Waals surface area contributed by atoms with Crippen LogP contribution in [0.2, 0.25) is 0 Å². The number of hydrogen-bond acceptors (Lipinski definition) is 4. The van der Waals surface area contributed by atoms with Crippen molar-refractivity contribution in [2.75, 3.05) is 6.54 Å². The highest BCUT2D eigenvalue weighted by atomic mass is 16.2. The summed E-state index contributed by atoms with van der Waals surface area (Å²) in [6, 6.07) is 0. The molecule has 0 unspecified atom stereocenters. The molecule has 0 bridgehead atoms. The number of hydrogen-bond donors (Lipinski definition) is 4. The number of fused-ring (bicyclic) bond motifs is 1. The van der Waals surface area contributed by atoms with Crippen molar-refractivity contribution in [2.24, 2.45) is 5.73 Å². The van der Waals surface area contributed by atoms with Gasteiger partial charge in [0, 0.05) is 12.0 Å². The lowest BCUT2D eigenvalue weighted by molar-refractivity contribution is 0.509. The fourth-order valence-corrected chi connectivity index (χ4v) is 1.35. The van der Waals surface area contributed by atoms with E-state index in [2.05, 4.69) is 19.9 Å². The van der Waals surface area contributed by atoms with Gasteiger partial charge in [0.25, 0.3) is 5.56 Å². The van der Waals surface area contributed by atoms with Crippen LogP contribution in [0.4, 0.5) is 0 Å². The van der Waals surface area contributed by atoms with E-state index in [1.807, 2.05) is 13.8 Å². The molecule has 2 aromatic heterocycles. The van der Waals surface area contributed by atoms with E-state index in [9.17, 15) is 9.59 Å². The molecule has 0 aromatic carbocycles. The minimum atomic E-state index is -0.568. The number of nitrogens with one attached hydrogen (secondary N) is 3. The first-order chi connectivity index (χ1) is 7.44. The van der Waals surface area contributed by atoms with Crippen LogP contribution < -0.4 is 17.0 Å². The molecule has 7 heteroatoms. The number of nitrogens with two attached hydrogens (primary N) is 1. The summed E-state index contributed by atoms with van der Waals surface area (Å²) in [4.78, 5) is 34.1. The number of aromatic nitrogens is 4. The van der Waals surface area contributed by atoms with Gasteiger partial charge in [0.05, 0.1) is 0 Å². The van der Waals surface area contributed by atoms with Gasteiger partial charge in [-0.2, -0.15) is 0 Å². The zero-order valence-corrected chi connectivity index (χ0v) is 9.05. The molecule has 16 heavy (non-hydrogen) atoms. The van der Waals surface area contributed by atoms with E-state index in [-0.39, 0.29) is 16.6 Å². The van der Waals surface area contributed by atoms with Crippen molar-refractivity contribution in [1.82, 2.24) is 19.9 Å². The fraction of sp³-hybridized carbons (Fsp3) is 0.444. The topological polar surface area (TPSA) is 120 Å². The van der Waals surface area contributed by atoms with Gasteiger partial charge in [0.2, 0.25) is 0 Å². The summed E-state index contributed by atoms with van der Waals surface area (Å²) in [5, 5.41) is 0. The lowest BCUT2D eigenvalue weighted by Crippen LogP contribution is -2.29. The number of rotatable bonds is 2. The zero-order chi connectivity index (χ0) is 11.9. The second-order valence-electron chi connectivity index (χ2n) is 4.31. The molecule has 0 radical (unpaired) electrons. The van der Waals surface area contributed by atoms with Crippen molar-refractivity contribution in [3.8, 4) is 0 Å². The fourth-order valence-electron chi connectivity index (χ4n) is 1.35. The average molecular weight is 223 g/mol. The molecule has 0 fully saturated rings. The summed E-state index contributed by atoms with van der Waals surface area (Å²) in [7, 11) is 0. The summed E-state index contributed by atoms with van der Waals surface area (Å²) in [6.07, 6.45) is 0. The number of H-pyrrole nitrogens is 3. The van der Waals surface area contributed by atoms with E-state index in [1.165, 1.54) is 0 Å². The molecular formula is C9H13N5O2. The minimum absolute atomic E-state index is 0.255.